The standard InChI is InChI=1S/C17H21N3/c18-20-13-11-19(12-14-20)17(15-7-3-1-4-8-15)16-9-5-2-6-10-16/h1-10,17H,11-14,18H2. The molecule has 20 heavy (non-hydrogen) atoms. The minimum Gasteiger partial charge on any atom is -0.290 e. The van der Waals surface area contributed by atoms with Gasteiger partial charge in [0.05, 0.1) is 6.04 Å². The first-order valence-electron chi connectivity index (χ1n) is 7.18. The van der Waals surface area contributed by atoms with Crippen LogP contribution in [0.4, 0.5) is 0 Å². The van der Waals surface area contributed by atoms with E-state index in [2.05, 4.69) is 65.6 Å². The largest absolute Gasteiger partial charge is 0.290 e. The number of hydrogen-bond acceptors (Lipinski definition) is 3. The highest BCUT2D eigenvalue weighted by atomic mass is 15.4. The van der Waals surface area contributed by atoms with Gasteiger partial charge in [-0.15, -0.1) is 0 Å². The Morgan fingerprint density at radius 3 is 1.60 bits per heavy atom. The molecule has 0 unspecified atom stereocenters. The van der Waals surface area contributed by atoms with Gasteiger partial charge >= 0.3 is 0 Å². The second-order valence-electron chi connectivity index (χ2n) is 5.30. The zero-order chi connectivity index (χ0) is 13.8. The summed E-state index contributed by atoms with van der Waals surface area (Å²) in [7, 11) is 0. The molecule has 1 heterocycles. The topological polar surface area (TPSA) is 32.5 Å². The molecule has 1 aliphatic rings. The molecule has 0 bridgehead atoms. The molecule has 3 nitrogen and oxygen atoms in total. The molecule has 1 fully saturated rings. The third-order valence-electron chi connectivity index (χ3n) is 3.94. The lowest BCUT2D eigenvalue weighted by molar-refractivity contribution is 0.110. The van der Waals surface area contributed by atoms with Crippen LogP contribution in [0.15, 0.2) is 60.7 Å². The number of rotatable bonds is 3. The molecule has 2 N–H and O–H groups in total. The highest BCUT2D eigenvalue weighted by Gasteiger charge is 2.25. The molecule has 1 saturated heterocycles. The third-order valence-corrected chi connectivity index (χ3v) is 3.94. The predicted octanol–water partition coefficient (Wildman–Crippen LogP) is 2.27. The van der Waals surface area contributed by atoms with Crippen molar-refractivity contribution in [3.05, 3.63) is 71.8 Å². The molecule has 0 radical (unpaired) electrons. The zero-order valence-electron chi connectivity index (χ0n) is 11.7. The first kappa shape index (κ1) is 13.3. The quantitative estimate of drug-likeness (QED) is 0.866. The van der Waals surface area contributed by atoms with Crippen molar-refractivity contribution in [2.24, 2.45) is 5.84 Å². The van der Waals surface area contributed by atoms with Crippen molar-refractivity contribution in [2.45, 2.75) is 6.04 Å². The van der Waals surface area contributed by atoms with Gasteiger partial charge < -0.3 is 0 Å². The molecule has 0 amide bonds. The Balaban J connectivity index is 1.92. The van der Waals surface area contributed by atoms with Crippen LogP contribution in [0.3, 0.4) is 0 Å². The van der Waals surface area contributed by atoms with Crippen molar-refractivity contribution in [1.29, 1.82) is 0 Å². The fraction of sp³-hybridized carbons (Fsp3) is 0.294. The Morgan fingerprint density at radius 1 is 0.700 bits per heavy atom. The number of benzene rings is 2. The molecule has 104 valence electrons. The van der Waals surface area contributed by atoms with Gasteiger partial charge in [0.25, 0.3) is 0 Å². The Kier molecular flexibility index (Phi) is 4.11. The smallest absolute Gasteiger partial charge is 0.0602 e. The summed E-state index contributed by atoms with van der Waals surface area (Å²) in [6, 6.07) is 21.8. The third kappa shape index (κ3) is 2.90. The minimum absolute atomic E-state index is 0.325. The van der Waals surface area contributed by atoms with E-state index in [-0.39, 0.29) is 0 Å². The van der Waals surface area contributed by atoms with Crippen LogP contribution in [0.25, 0.3) is 0 Å². The highest BCUT2D eigenvalue weighted by molar-refractivity contribution is 5.31. The fourth-order valence-electron chi connectivity index (χ4n) is 2.88. The number of hydrazine groups is 1. The van der Waals surface area contributed by atoms with Gasteiger partial charge in [0.15, 0.2) is 0 Å². The molecular weight excluding hydrogens is 246 g/mol. The summed E-state index contributed by atoms with van der Waals surface area (Å²) in [6.07, 6.45) is 0. The van der Waals surface area contributed by atoms with E-state index in [1.165, 1.54) is 11.1 Å². The molecule has 2 aromatic carbocycles. The van der Waals surface area contributed by atoms with Crippen LogP contribution in [0, 0.1) is 0 Å². The van der Waals surface area contributed by atoms with E-state index in [9.17, 15) is 0 Å². The maximum atomic E-state index is 5.88. The molecule has 0 aliphatic carbocycles. The molecule has 1 aliphatic heterocycles. The summed E-state index contributed by atoms with van der Waals surface area (Å²) in [5, 5.41) is 1.91. The van der Waals surface area contributed by atoms with Crippen molar-refractivity contribution in [2.75, 3.05) is 26.2 Å². The molecule has 3 heteroatoms. The number of piperazine rings is 1. The summed E-state index contributed by atoms with van der Waals surface area (Å²) in [4.78, 5) is 2.52. The van der Waals surface area contributed by atoms with Gasteiger partial charge in [-0.3, -0.25) is 10.7 Å². The van der Waals surface area contributed by atoms with Crippen molar-refractivity contribution >= 4 is 0 Å². The van der Waals surface area contributed by atoms with Crippen molar-refractivity contribution in [1.82, 2.24) is 9.91 Å². The van der Waals surface area contributed by atoms with E-state index in [1.807, 2.05) is 5.01 Å². The van der Waals surface area contributed by atoms with Crippen LogP contribution in [-0.2, 0) is 0 Å². The summed E-state index contributed by atoms with van der Waals surface area (Å²) in [5.41, 5.74) is 2.70. The van der Waals surface area contributed by atoms with Crippen molar-refractivity contribution in [3.63, 3.8) is 0 Å². The molecule has 2 aromatic rings. The SMILES string of the molecule is NN1CCN(C(c2ccccc2)c2ccccc2)CC1. The van der Waals surface area contributed by atoms with Crippen molar-refractivity contribution in [3.8, 4) is 0 Å². The lowest BCUT2D eigenvalue weighted by Crippen LogP contribution is -2.50. The molecular formula is C17H21N3. The normalized spacial score (nSPS) is 17.5. The molecule has 0 saturated carbocycles. The molecule has 0 atom stereocenters. The van der Waals surface area contributed by atoms with Gasteiger partial charge in [-0.05, 0) is 11.1 Å². The van der Waals surface area contributed by atoms with Crippen molar-refractivity contribution < 1.29 is 0 Å². The van der Waals surface area contributed by atoms with E-state index < -0.39 is 0 Å². The average molecular weight is 267 g/mol. The Labute approximate surface area is 120 Å². The summed E-state index contributed by atoms with van der Waals surface area (Å²) >= 11 is 0. The molecule has 0 aromatic heterocycles. The Bertz CT molecular complexity index is 479. The zero-order valence-corrected chi connectivity index (χ0v) is 11.7. The lowest BCUT2D eigenvalue weighted by Gasteiger charge is -2.38. The Morgan fingerprint density at radius 2 is 1.15 bits per heavy atom. The predicted molar refractivity (Wildman–Crippen MR) is 82.1 cm³/mol. The van der Waals surface area contributed by atoms with Crippen LogP contribution in [0.1, 0.15) is 17.2 Å². The summed E-state index contributed by atoms with van der Waals surface area (Å²) in [6.45, 7) is 3.86. The van der Waals surface area contributed by atoms with Gasteiger partial charge in [-0.2, -0.15) is 0 Å². The van der Waals surface area contributed by atoms with Crippen LogP contribution in [-0.4, -0.2) is 36.1 Å². The molecule has 0 spiro atoms. The van der Waals surface area contributed by atoms with Gasteiger partial charge in [-0.1, -0.05) is 60.7 Å². The lowest BCUT2D eigenvalue weighted by atomic mass is 9.96. The second-order valence-corrected chi connectivity index (χ2v) is 5.30. The van der Waals surface area contributed by atoms with E-state index >= 15 is 0 Å². The van der Waals surface area contributed by atoms with E-state index in [0.29, 0.717) is 6.04 Å². The van der Waals surface area contributed by atoms with Crippen LogP contribution < -0.4 is 5.84 Å². The summed E-state index contributed by atoms with van der Waals surface area (Å²) in [5.74, 6) is 5.88. The van der Waals surface area contributed by atoms with E-state index in [0.717, 1.165) is 26.2 Å². The fourth-order valence-corrected chi connectivity index (χ4v) is 2.88. The van der Waals surface area contributed by atoms with E-state index in [1.54, 1.807) is 0 Å². The van der Waals surface area contributed by atoms with Gasteiger partial charge in [0.2, 0.25) is 0 Å². The minimum atomic E-state index is 0.325. The monoisotopic (exact) mass is 267 g/mol. The molecule has 3 rings (SSSR count). The second kappa shape index (κ2) is 6.18. The first-order chi connectivity index (χ1) is 9.84. The van der Waals surface area contributed by atoms with Gasteiger partial charge in [0.1, 0.15) is 0 Å². The van der Waals surface area contributed by atoms with Crippen LogP contribution in [0.5, 0.6) is 0 Å². The Hall–Kier alpha value is -1.68. The number of nitrogens with two attached hydrogens (primary N) is 1. The first-order valence-corrected chi connectivity index (χ1v) is 7.18. The van der Waals surface area contributed by atoms with Crippen LogP contribution >= 0.6 is 0 Å². The highest BCUT2D eigenvalue weighted by Crippen LogP contribution is 2.28. The van der Waals surface area contributed by atoms with Gasteiger partial charge in [0, 0.05) is 26.2 Å². The van der Waals surface area contributed by atoms with E-state index in [4.69, 9.17) is 5.84 Å². The number of hydrogen-bond donors (Lipinski definition) is 1. The maximum Gasteiger partial charge on any atom is 0.0602 e. The average Bonchev–Trinajstić information content (AvgIpc) is 2.52. The van der Waals surface area contributed by atoms with Gasteiger partial charge in [-0.25, -0.2) is 5.01 Å². The number of nitrogens with zero attached hydrogens (tertiary/aromatic N) is 2. The summed E-state index contributed by atoms with van der Waals surface area (Å²) < 4.78 is 0. The maximum absolute atomic E-state index is 5.88. The van der Waals surface area contributed by atoms with Crippen LogP contribution in [0.2, 0.25) is 0 Å².